The van der Waals surface area contributed by atoms with Gasteiger partial charge in [0, 0.05) is 0 Å². The molecule has 0 bridgehead atoms. The number of hydrogen-bond donors (Lipinski definition) is 0. The molecule has 2 rings (SSSR count). The van der Waals surface area contributed by atoms with Crippen LogP contribution < -0.4 is 5.19 Å². The molecule has 21 heavy (non-hydrogen) atoms. The fourth-order valence-corrected chi connectivity index (χ4v) is 13.6. The van der Waals surface area contributed by atoms with Crippen molar-refractivity contribution in [3.63, 3.8) is 0 Å². The third-order valence-corrected chi connectivity index (χ3v) is 14.2. The Hall–Kier alpha value is -0.369. The molecule has 0 amide bonds. The van der Waals surface area contributed by atoms with Crippen LogP contribution in [0.15, 0.2) is 50.9 Å². The summed E-state index contributed by atoms with van der Waals surface area (Å²) in [5.41, 5.74) is 4.83. The van der Waals surface area contributed by atoms with Crippen LogP contribution in [0.1, 0.15) is 27.7 Å². The van der Waals surface area contributed by atoms with Crippen molar-refractivity contribution in [2.24, 2.45) is 0 Å². The first-order chi connectivity index (χ1) is 9.65. The maximum absolute atomic E-state index is 2.57. The molecule has 1 aromatic rings. The van der Waals surface area contributed by atoms with Gasteiger partial charge < -0.3 is 0 Å². The van der Waals surface area contributed by atoms with Crippen LogP contribution in [0, 0.1) is 0 Å². The van der Waals surface area contributed by atoms with Crippen LogP contribution in [0.25, 0.3) is 0 Å². The first kappa shape index (κ1) is 17.0. The third kappa shape index (κ3) is 2.38. The molecule has 0 radical (unpaired) electrons. The van der Waals surface area contributed by atoms with Gasteiger partial charge in [-0.15, -0.1) is 0 Å². The van der Waals surface area contributed by atoms with Crippen molar-refractivity contribution in [3.8, 4) is 0 Å². The van der Waals surface area contributed by atoms with Crippen LogP contribution in [0.2, 0.25) is 28.6 Å². The summed E-state index contributed by atoms with van der Waals surface area (Å²) in [4.78, 5) is 0. The average Bonchev–Trinajstić information content (AvgIpc) is 2.62. The number of hydrogen-bond acceptors (Lipinski definition) is 0. The van der Waals surface area contributed by atoms with E-state index in [1.54, 1.807) is 21.9 Å². The zero-order chi connectivity index (χ0) is 16.0. The van der Waals surface area contributed by atoms with Crippen molar-refractivity contribution in [2.45, 2.75) is 56.3 Å². The summed E-state index contributed by atoms with van der Waals surface area (Å²) in [7, 11) is -1.62. The fraction of sp³-hybridized carbons (Fsp3) is 0.474. The molecule has 0 N–H and O–H groups in total. The summed E-state index contributed by atoms with van der Waals surface area (Å²) >= 11 is -1.12. The van der Waals surface area contributed by atoms with Crippen LogP contribution in [0.4, 0.5) is 0 Å². The Morgan fingerprint density at radius 3 is 1.90 bits per heavy atom. The van der Waals surface area contributed by atoms with Gasteiger partial charge in [0.15, 0.2) is 0 Å². The van der Waals surface area contributed by atoms with Crippen molar-refractivity contribution in [3.05, 3.63) is 50.9 Å². The van der Waals surface area contributed by atoms with Gasteiger partial charge in [0.2, 0.25) is 0 Å². The Morgan fingerprint density at radius 2 is 1.43 bits per heavy atom. The van der Waals surface area contributed by atoms with E-state index < -0.39 is 25.9 Å². The van der Waals surface area contributed by atoms with Crippen LogP contribution >= 0.6 is 0 Å². The molecule has 1 aromatic carbocycles. The molecule has 0 spiro atoms. The number of rotatable bonds is 3. The summed E-state index contributed by atoms with van der Waals surface area (Å²) in [6, 6.07) is 11.3. The monoisotopic (exact) mass is 333 g/mol. The van der Waals surface area contributed by atoms with E-state index in [0.717, 1.165) is 0 Å². The zero-order valence-corrected chi connectivity index (χ0v) is 17.4. The van der Waals surface area contributed by atoms with E-state index in [9.17, 15) is 0 Å². The van der Waals surface area contributed by atoms with Crippen molar-refractivity contribution in [1.29, 1.82) is 0 Å². The van der Waals surface area contributed by atoms with Crippen molar-refractivity contribution < 1.29 is 17.9 Å². The Kier molecular flexibility index (Phi) is 4.60. The molecule has 0 saturated heterocycles. The van der Waals surface area contributed by atoms with Gasteiger partial charge in [0.05, 0.1) is 0 Å². The van der Waals surface area contributed by atoms with E-state index in [1.807, 2.05) is 3.88 Å². The van der Waals surface area contributed by atoms with Crippen LogP contribution in [-0.2, 0) is 17.9 Å². The van der Waals surface area contributed by atoms with E-state index in [2.05, 4.69) is 81.6 Å². The van der Waals surface area contributed by atoms with Gasteiger partial charge in [-0.3, -0.25) is 0 Å². The molecule has 0 heterocycles. The first-order valence-corrected chi connectivity index (χ1v) is 14.8. The number of allylic oxidation sites excluding steroid dienone is 4. The molecule has 0 fully saturated rings. The van der Waals surface area contributed by atoms with Gasteiger partial charge >= 0.3 is 138 Å². The summed E-state index contributed by atoms with van der Waals surface area (Å²) < 4.78 is 1.85. The summed E-state index contributed by atoms with van der Waals surface area (Å²) in [6.45, 7) is 14.8. The molecule has 2 heteroatoms. The topological polar surface area (TPSA) is 0 Å². The standard InChI is InChI=1S/C17H23Si.2CH3.Ti/c1-13-12-17(4,15(3)14(13)2)18(5,6)16-10-8-7-9-11-16;;;/h7-11H,1-6H3;2*1H3;. The summed E-state index contributed by atoms with van der Waals surface area (Å²) in [5, 5.41) is 6.95. The Labute approximate surface area is 138 Å². The molecular weight excluding hydrogens is 304 g/mol. The Balaban J connectivity index is 2.70. The summed E-state index contributed by atoms with van der Waals surface area (Å²) in [5.74, 6) is 0. The molecule has 0 aliphatic heterocycles. The molecule has 1 aliphatic carbocycles. The minimum atomic E-state index is -1.62. The van der Waals surface area contributed by atoms with E-state index in [1.165, 1.54) is 0 Å². The first-order valence-electron chi connectivity index (χ1n) is 7.91. The van der Waals surface area contributed by atoms with Crippen LogP contribution in [-0.4, -0.2) is 8.07 Å². The van der Waals surface area contributed by atoms with Gasteiger partial charge in [0.1, 0.15) is 0 Å². The van der Waals surface area contributed by atoms with Crippen LogP contribution in [0.3, 0.4) is 0 Å². The Bertz CT molecular complexity index is 608. The second-order valence-electron chi connectivity index (χ2n) is 7.37. The van der Waals surface area contributed by atoms with Crippen molar-refractivity contribution >= 4 is 13.3 Å². The van der Waals surface area contributed by atoms with Crippen LogP contribution in [0.5, 0.6) is 0 Å². The molecular formula is C19H29SiTi. The van der Waals surface area contributed by atoms with E-state index in [-0.39, 0.29) is 0 Å². The second kappa shape index (κ2) is 5.68. The van der Waals surface area contributed by atoms with Crippen molar-refractivity contribution in [1.82, 2.24) is 0 Å². The van der Waals surface area contributed by atoms with Gasteiger partial charge in [-0.2, -0.15) is 0 Å². The fourth-order valence-electron chi connectivity index (χ4n) is 4.21. The molecule has 1 aliphatic rings. The van der Waals surface area contributed by atoms with Gasteiger partial charge in [-0.1, -0.05) is 0 Å². The molecule has 0 nitrogen and oxygen atoms in total. The van der Waals surface area contributed by atoms with Gasteiger partial charge in [0.25, 0.3) is 0 Å². The molecule has 1 unspecified atom stereocenters. The van der Waals surface area contributed by atoms with Crippen molar-refractivity contribution in [2.75, 3.05) is 0 Å². The van der Waals surface area contributed by atoms with E-state index in [4.69, 9.17) is 0 Å². The normalized spacial score (nSPS) is 23.0. The summed E-state index contributed by atoms with van der Waals surface area (Å²) in [6.07, 6.45) is 0. The predicted octanol–water partition coefficient (Wildman–Crippen LogP) is 5.70. The van der Waals surface area contributed by atoms with E-state index in [0.29, 0.717) is 5.04 Å². The third-order valence-electron chi connectivity index (χ3n) is 6.00. The molecule has 0 saturated carbocycles. The van der Waals surface area contributed by atoms with Gasteiger partial charge in [-0.05, 0) is 0 Å². The van der Waals surface area contributed by atoms with E-state index >= 15 is 0 Å². The molecule has 1 atom stereocenters. The average molecular weight is 333 g/mol. The quantitative estimate of drug-likeness (QED) is 0.622. The minimum absolute atomic E-state index is 0.307. The second-order valence-corrected chi connectivity index (χ2v) is 16.1. The molecule has 0 aromatic heterocycles. The number of benzene rings is 1. The van der Waals surface area contributed by atoms with Gasteiger partial charge in [-0.25, -0.2) is 0 Å². The zero-order valence-electron chi connectivity index (χ0n) is 14.9. The predicted molar refractivity (Wildman–Crippen MR) is 94.7 cm³/mol. The maximum atomic E-state index is 2.57. The Morgan fingerprint density at radius 1 is 0.905 bits per heavy atom. The SMILES string of the molecule is CC1=C(C)C(C)([Si](C)(C)c2ccccc2)[C]([Ti]([CH3])[CH3])=C1C. The molecule has 113 valence electrons.